The highest BCUT2D eigenvalue weighted by Gasteiger charge is 2.24. The minimum atomic E-state index is 0.733. The molecular formula is C19H15ClN4. The second-order valence-corrected chi connectivity index (χ2v) is 6.55. The van der Waals surface area contributed by atoms with Crippen molar-refractivity contribution in [3.05, 3.63) is 65.7 Å². The lowest BCUT2D eigenvalue weighted by molar-refractivity contribution is 0.659. The van der Waals surface area contributed by atoms with Gasteiger partial charge in [0.1, 0.15) is 11.3 Å². The molecule has 1 aromatic carbocycles. The van der Waals surface area contributed by atoms with Crippen molar-refractivity contribution in [3.63, 3.8) is 0 Å². The number of hydrogen-bond acceptors (Lipinski definition) is 2. The molecule has 0 saturated carbocycles. The van der Waals surface area contributed by atoms with E-state index in [-0.39, 0.29) is 0 Å². The fourth-order valence-electron chi connectivity index (χ4n) is 3.54. The molecular weight excluding hydrogens is 320 g/mol. The Hall–Kier alpha value is -2.59. The van der Waals surface area contributed by atoms with E-state index in [1.54, 1.807) is 0 Å². The van der Waals surface area contributed by atoms with Crippen molar-refractivity contribution >= 4 is 17.2 Å². The topological polar surface area (TPSA) is 35.1 Å². The van der Waals surface area contributed by atoms with Crippen LogP contribution in [-0.4, -0.2) is 19.2 Å². The average Bonchev–Trinajstić information content (AvgIpc) is 3.29. The molecule has 0 unspecified atom stereocenters. The second-order valence-electron chi connectivity index (χ2n) is 6.12. The summed E-state index contributed by atoms with van der Waals surface area (Å²) in [5, 5.41) is 5.61. The third kappa shape index (κ3) is 2.07. The Kier molecular flexibility index (Phi) is 3.00. The number of rotatable bonds is 2. The Morgan fingerprint density at radius 3 is 2.96 bits per heavy atom. The van der Waals surface area contributed by atoms with Gasteiger partial charge in [-0.3, -0.25) is 4.68 Å². The maximum Gasteiger partial charge on any atom is 0.136 e. The monoisotopic (exact) mass is 334 g/mol. The van der Waals surface area contributed by atoms with Crippen LogP contribution in [0.25, 0.3) is 28.0 Å². The first-order valence-corrected chi connectivity index (χ1v) is 8.46. The Morgan fingerprint density at radius 2 is 2.04 bits per heavy atom. The molecule has 4 nitrogen and oxygen atoms in total. The summed E-state index contributed by atoms with van der Waals surface area (Å²) in [6, 6.07) is 12.1. The van der Waals surface area contributed by atoms with Crippen molar-refractivity contribution < 1.29 is 0 Å². The Morgan fingerprint density at radius 1 is 1.08 bits per heavy atom. The van der Waals surface area contributed by atoms with Gasteiger partial charge >= 0.3 is 0 Å². The van der Waals surface area contributed by atoms with Crippen molar-refractivity contribution in [1.82, 2.24) is 19.2 Å². The first-order chi connectivity index (χ1) is 11.8. The SMILES string of the molecule is Clc1cccc(-c2nn3c(c2-c2ccc4nccn4c2)CCC3)c1. The molecule has 3 aromatic heterocycles. The van der Waals surface area contributed by atoms with Crippen LogP contribution in [0.15, 0.2) is 55.0 Å². The molecule has 4 aromatic rings. The van der Waals surface area contributed by atoms with Crippen LogP contribution in [0.3, 0.4) is 0 Å². The van der Waals surface area contributed by atoms with Crippen LogP contribution in [0.5, 0.6) is 0 Å². The number of aromatic nitrogens is 4. The zero-order valence-corrected chi connectivity index (χ0v) is 13.7. The lowest BCUT2D eigenvalue weighted by atomic mass is 9.99. The van der Waals surface area contributed by atoms with Gasteiger partial charge in [-0.15, -0.1) is 0 Å². The Balaban J connectivity index is 1.77. The van der Waals surface area contributed by atoms with Crippen molar-refractivity contribution in [3.8, 4) is 22.4 Å². The van der Waals surface area contributed by atoms with Crippen molar-refractivity contribution in [2.24, 2.45) is 0 Å². The summed E-state index contributed by atoms with van der Waals surface area (Å²) in [5.74, 6) is 0. The highest BCUT2D eigenvalue weighted by Crippen LogP contribution is 2.38. The van der Waals surface area contributed by atoms with Gasteiger partial charge in [0.2, 0.25) is 0 Å². The van der Waals surface area contributed by atoms with E-state index in [1.165, 1.54) is 16.8 Å². The standard InChI is InChI=1S/C19H15ClN4/c20-15-4-1-3-13(11-15)19-18(16-5-2-9-24(16)22-19)14-6-7-17-21-8-10-23(17)12-14/h1,3-4,6-8,10-12H,2,5,9H2. The van der Waals surface area contributed by atoms with Gasteiger partial charge in [0, 0.05) is 52.5 Å². The maximum atomic E-state index is 6.20. The fraction of sp³-hybridized carbons (Fsp3) is 0.158. The van der Waals surface area contributed by atoms with E-state index in [9.17, 15) is 0 Å². The molecule has 0 radical (unpaired) electrons. The minimum absolute atomic E-state index is 0.733. The molecule has 0 spiro atoms. The zero-order valence-electron chi connectivity index (χ0n) is 13.0. The number of imidazole rings is 1. The van der Waals surface area contributed by atoms with Crippen LogP contribution < -0.4 is 0 Å². The number of nitrogens with zero attached hydrogens (tertiary/aromatic N) is 4. The summed E-state index contributed by atoms with van der Waals surface area (Å²) in [5.41, 5.74) is 6.71. The number of halogens is 1. The first-order valence-electron chi connectivity index (χ1n) is 8.08. The molecule has 0 atom stereocenters. The molecule has 5 rings (SSSR count). The van der Waals surface area contributed by atoms with Gasteiger partial charge in [0.15, 0.2) is 0 Å². The number of pyridine rings is 1. The quantitative estimate of drug-likeness (QED) is 0.542. The number of fused-ring (bicyclic) bond motifs is 2. The number of hydrogen-bond donors (Lipinski definition) is 0. The van der Waals surface area contributed by atoms with E-state index >= 15 is 0 Å². The van der Waals surface area contributed by atoms with Gasteiger partial charge in [-0.2, -0.15) is 5.10 Å². The Bertz CT molecular complexity index is 1060. The molecule has 1 aliphatic rings. The molecule has 0 bridgehead atoms. The van der Waals surface area contributed by atoms with E-state index in [2.05, 4.69) is 38.5 Å². The predicted molar refractivity (Wildman–Crippen MR) is 95.2 cm³/mol. The van der Waals surface area contributed by atoms with Crippen LogP contribution in [0.4, 0.5) is 0 Å². The summed E-state index contributed by atoms with van der Waals surface area (Å²) in [7, 11) is 0. The fourth-order valence-corrected chi connectivity index (χ4v) is 3.73. The van der Waals surface area contributed by atoms with Gasteiger partial charge in [-0.25, -0.2) is 4.98 Å². The molecule has 24 heavy (non-hydrogen) atoms. The van der Waals surface area contributed by atoms with Crippen LogP contribution in [0.2, 0.25) is 5.02 Å². The van der Waals surface area contributed by atoms with Crippen molar-refractivity contribution in [2.75, 3.05) is 0 Å². The molecule has 0 amide bonds. The number of aryl methyl sites for hydroxylation is 1. The molecule has 0 N–H and O–H groups in total. The van der Waals surface area contributed by atoms with E-state index < -0.39 is 0 Å². The van der Waals surface area contributed by atoms with Crippen LogP contribution in [-0.2, 0) is 13.0 Å². The number of benzene rings is 1. The second kappa shape index (κ2) is 5.21. The van der Waals surface area contributed by atoms with E-state index in [1.807, 2.05) is 30.6 Å². The normalized spacial score (nSPS) is 13.5. The first kappa shape index (κ1) is 13.8. The largest absolute Gasteiger partial charge is 0.306 e. The lowest BCUT2D eigenvalue weighted by Crippen LogP contribution is -1.94. The van der Waals surface area contributed by atoms with Gasteiger partial charge in [0.05, 0.1) is 0 Å². The van der Waals surface area contributed by atoms with Crippen LogP contribution >= 0.6 is 11.6 Å². The molecule has 118 valence electrons. The third-order valence-corrected chi connectivity index (χ3v) is 4.85. The molecule has 5 heteroatoms. The Labute approximate surface area is 144 Å². The predicted octanol–water partition coefficient (Wildman–Crippen LogP) is 4.46. The summed E-state index contributed by atoms with van der Waals surface area (Å²) in [6.45, 7) is 0.982. The minimum Gasteiger partial charge on any atom is -0.306 e. The van der Waals surface area contributed by atoms with Gasteiger partial charge in [-0.05, 0) is 37.1 Å². The summed E-state index contributed by atoms with van der Waals surface area (Å²) in [6.07, 6.45) is 8.14. The molecule has 0 fully saturated rings. The van der Waals surface area contributed by atoms with Crippen LogP contribution in [0, 0.1) is 0 Å². The van der Waals surface area contributed by atoms with Crippen molar-refractivity contribution in [2.45, 2.75) is 19.4 Å². The van der Waals surface area contributed by atoms with Gasteiger partial charge < -0.3 is 4.40 Å². The summed E-state index contributed by atoms with van der Waals surface area (Å²) < 4.78 is 4.19. The summed E-state index contributed by atoms with van der Waals surface area (Å²) in [4.78, 5) is 4.33. The highest BCUT2D eigenvalue weighted by molar-refractivity contribution is 6.30. The smallest absolute Gasteiger partial charge is 0.136 e. The molecule has 1 aliphatic heterocycles. The third-order valence-electron chi connectivity index (χ3n) is 4.62. The van der Waals surface area contributed by atoms with Crippen molar-refractivity contribution in [1.29, 1.82) is 0 Å². The van der Waals surface area contributed by atoms with Gasteiger partial charge in [0.25, 0.3) is 0 Å². The van der Waals surface area contributed by atoms with E-state index in [0.29, 0.717) is 0 Å². The maximum absolute atomic E-state index is 6.20. The molecule has 4 heterocycles. The highest BCUT2D eigenvalue weighted by atomic mass is 35.5. The molecule has 0 aliphatic carbocycles. The average molecular weight is 335 g/mol. The van der Waals surface area contributed by atoms with Gasteiger partial charge in [-0.1, -0.05) is 23.7 Å². The van der Waals surface area contributed by atoms with E-state index in [0.717, 1.165) is 41.3 Å². The zero-order chi connectivity index (χ0) is 16.1. The van der Waals surface area contributed by atoms with E-state index in [4.69, 9.17) is 16.7 Å². The summed E-state index contributed by atoms with van der Waals surface area (Å²) >= 11 is 6.20. The lowest BCUT2D eigenvalue weighted by Gasteiger charge is -2.07. The molecule has 0 saturated heterocycles. The van der Waals surface area contributed by atoms with Crippen LogP contribution in [0.1, 0.15) is 12.1 Å².